The number of hydrogen-bond acceptors (Lipinski definition) is 1. The van der Waals surface area contributed by atoms with Gasteiger partial charge >= 0.3 is 0 Å². The second kappa shape index (κ2) is 14.9. The molecule has 3 spiro atoms. The van der Waals surface area contributed by atoms with Gasteiger partial charge in [0, 0.05) is 22.4 Å². The molecule has 358 valence electrons. The van der Waals surface area contributed by atoms with Crippen molar-refractivity contribution in [2.24, 2.45) is 29.1 Å². The molecular weight excluding hydrogens is 915 g/mol. The topological polar surface area (TPSA) is 3.24 Å². The Morgan fingerprint density at radius 1 is 0.316 bits per heavy atom. The summed E-state index contributed by atoms with van der Waals surface area (Å²) in [5.41, 5.74) is 28.0. The molecule has 0 heterocycles. The lowest BCUT2D eigenvalue weighted by Crippen LogP contribution is -2.65. The van der Waals surface area contributed by atoms with E-state index in [2.05, 4.69) is 254 Å². The third kappa shape index (κ3) is 5.08. The van der Waals surface area contributed by atoms with Crippen LogP contribution >= 0.6 is 0 Å². The van der Waals surface area contributed by atoms with Crippen molar-refractivity contribution in [3.8, 4) is 66.8 Å². The molecule has 7 unspecified atom stereocenters. The van der Waals surface area contributed by atoms with E-state index < -0.39 is 5.41 Å². The molecular formula is C75H53N. The molecule has 0 aliphatic heterocycles. The Morgan fingerprint density at radius 3 is 1.61 bits per heavy atom. The van der Waals surface area contributed by atoms with E-state index in [1.165, 1.54) is 143 Å². The zero-order chi connectivity index (χ0) is 49.5. The van der Waals surface area contributed by atoms with Crippen LogP contribution in [-0.4, -0.2) is 0 Å². The van der Waals surface area contributed by atoms with Crippen LogP contribution in [0.25, 0.3) is 77.5 Å². The third-order valence-corrected chi connectivity index (χ3v) is 20.9. The molecule has 18 rings (SSSR count). The standard InChI is InChI=1S/C75H53N/c1-2-13-46(14-3-1)48-25-27-49(28-26-48)50-31-34-57(35-32-50)76(58-36-38-62-59-17-6-9-20-64(59)74(69(62)44-58)56-42-54-41-55-43-71(74)73(54,55)45-56)70-24-12-23-67-72(70)63-19-8-11-22-66(63)75(67)65-21-10-7-18-60(65)61-37-33-53(40-68(61)75)52-30-29-47-15-4-5-16-51(47)39-52/h1-40,44,54-56,71H,41-43,45H2. The number of rotatable bonds is 6. The molecule has 2 bridgehead atoms. The van der Waals surface area contributed by atoms with Crippen molar-refractivity contribution in [1.29, 1.82) is 0 Å². The highest BCUT2D eigenvalue weighted by atomic mass is 15.1. The summed E-state index contributed by atoms with van der Waals surface area (Å²) in [6.45, 7) is 0. The highest BCUT2D eigenvalue weighted by molar-refractivity contribution is 6.02. The van der Waals surface area contributed by atoms with Gasteiger partial charge in [-0.3, -0.25) is 0 Å². The van der Waals surface area contributed by atoms with E-state index in [4.69, 9.17) is 0 Å². The van der Waals surface area contributed by atoms with Crippen molar-refractivity contribution in [3.05, 3.63) is 282 Å². The number of anilines is 3. The molecule has 0 aromatic heterocycles. The van der Waals surface area contributed by atoms with Gasteiger partial charge in [0.2, 0.25) is 0 Å². The maximum atomic E-state index is 2.69. The first kappa shape index (κ1) is 41.8. The van der Waals surface area contributed by atoms with E-state index in [9.17, 15) is 0 Å². The number of benzene rings is 11. The van der Waals surface area contributed by atoms with Crippen molar-refractivity contribution in [2.75, 3.05) is 4.90 Å². The van der Waals surface area contributed by atoms with Crippen LogP contribution in [0, 0.1) is 29.1 Å². The molecule has 1 heteroatoms. The summed E-state index contributed by atoms with van der Waals surface area (Å²) in [5.74, 6) is 3.30. The first-order chi connectivity index (χ1) is 37.6. The molecule has 0 radical (unpaired) electrons. The van der Waals surface area contributed by atoms with Crippen LogP contribution in [-0.2, 0) is 10.8 Å². The molecule has 0 amide bonds. The van der Waals surface area contributed by atoms with Crippen molar-refractivity contribution in [3.63, 3.8) is 0 Å². The summed E-state index contributed by atoms with van der Waals surface area (Å²) < 4.78 is 0. The predicted molar refractivity (Wildman–Crippen MR) is 312 cm³/mol. The van der Waals surface area contributed by atoms with E-state index in [1.54, 1.807) is 11.1 Å². The molecule has 11 aromatic rings. The van der Waals surface area contributed by atoms with Gasteiger partial charge in [-0.05, 0) is 203 Å². The van der Waals surface area contributed by atoms with E-state index >= 15 is 0 Å². The molecule has 0 saturated heterocycles. The fourth-order valence-corrected chi connectivity index (χ4v) is 18.0. The van der Waals surface area contributed by atoms with Crippen LogP contribution in [0.15, 0.2) is 249 Å². The lowest BCUT2D eigenvalue weighted by molar-refractivity contribution is -0.193. The summed E-state index contributed by atoms with van der Waals surface area (Å²) >= 11 is 0. The summed E-state index contributed by atoms with van der Waals surface area (Å²) in [7, 11) is 0. The maximum absolute atomic E-state index is 2.69. The Bertz CT molecular complexity index is 4280. The Hall–Kier alpha value is -8.52. The normalized spacial score (nSPS) is 24.5. The zero-order valence-corrected chi connectivity index (χ0v) is 42.3. The minimum atomic E-state index is -0.520. The van der Waals surface area contributed by atoms with E-state index in [0.29, 0.717) is 11.3 Å². The monoisotopic (exact) mass is 967 g/mol. The molecule has 7 aliphatic carbocycles. The largest absolute Gasteiger partial charge is 0.310 e. The van der Waals surface area contributed by atoms with Crippen LogP contribution in [0.3, 0.4) is 0 Å². The molecule has 4 saturated carbocycles. The average molecular weight is 968 g/mol. The van der Waals surface area contributed by atoms with Crippen molar-refractivity contribution < 1.29 is 0 Å². The fourth-order valence-electron chi connectivity index (χ4n) is 18.0. The lowest BCUT2D eigenvalue weighted by Gasteiger charge is -2.70. The first-order valence-electron chi connectivity index (χ1n) is 27.9. The van der Waals surface area contributed by atoms with Crippen molar-refractivity contribution in [1.82, 2.24) is 0 Å². The Kier molecular flexibility index (Phi) is 8.17. The van der Waals surface area contributed by atoms with Gasteiger partial charge in [-0.2, -0.15) is 0 Å². The van der Waals surface area contributed by atoms with E-state index in [1.807, 2.05) is 0 Å². The van der Waals surface area contributed by atoms with Crippen LogP contribution in [0.1, 0.15) is 59.1 Å². The smallest absolute Gasteiger partial charge is 0.0726 e. The van der Waals surface area contributed by atoms with E-state index in [0.717, 1.165) is 17.8 Å². The third-order valence-electron chi connectivity index (χ3n) is 20.9. The lowest BCUT2D eigenvalue weighted by atomic mass is 9.34. The van der Waals surface area contributed by atoms with Crippen LogP contribution in [0.5, 0.6) is 0 Å². The minimum Gasteiger partial charge on any atom is -0.310 e. The fraction of sp³-hybridized carbons (Fsp3) is 0.147. The second-order valence-electron chi connectivity index (χ2n) is 23.5. The van der Waals surface area contributed by atoms with Crippen LogP contribution in [0.4, 0.5) is 17.1 Å². The van der Waals surface area contributed by atoms with Gasteiger partial charge in [0.25, 0.3) is 0 Å². The minimum absolute atomic E-state index is 0.0755. The molecule has 1 nitrogen and oxygen atoms in total. The zero-order valence-electron chi connectivity index (χ0n) is 42.3. The molecule has 4 fully saturated rings. The summed E-state index contributed by atoms with van der Waals surface area (Å²) in [6.07, 6.45) is 5.66. The molecule has 76 heavy (non-hydrogen) atoms. The second-order valence-corrected chi connectivity index (χ2v) is 23.5. The maximum Gasteiger partial charge on any atom is 0.0726 e. The first-order valence-corrected chi connectivity index (χ1v) is 27.9. The summed E-state index contributed by atoms with van der Waals surface area (Å²) in [5, 5.41) is 2.53. The highest BCUT2D eigenvalue weighted by Gasteiger charge is 2.82. The summed E-state index contributed by atoms with van der Waals surface area (Å²) in [6, 6.07) is 95.3. The SMILES string of the molecule is c1ccc(-c2ccc(-c3ccc(N(c4ccc5c(c4)C4(c6ccccc6-5)C5CC6CC7CC4C67C5)c4cccc5c4-c4ccccc4C54c5ccccc5-c5ccc(-c6ccc7ccccc7c6)cc54)cc3)cc2)cc1. The average Bonchev–Trinajstić information content (AvgIpc) is 4.30. The Balaban J connectivity index is 0.851. The predicted octanol–water partition coefficient (Wildman–Crippen LogP) is 19.0. The van der Waals surface area contributed by atoms with Gasteiger partial charge in [-0.25, -0.2) is 0 Å². The van der Waals surface area contributed by atoms with Gasteiger partial charge < -0.3 is 4.90 Å². The Morgan fingerprint density at radius 2 is 0.842 bits per heavy atom. The van der Waals surface area contributed by atoms with Gasteiger partial charge in [0.15, 0.2) is 0 Å². The van der Waals surface area contributed by atoms with Crippen LogP contribution in [0.2, 0.25) is 0 Å². The number of nitrogens with zero attached hydrogens (tertiary/aromatic N) is 1. The quantitative estimate of drug-likeness (QED) is 0.160. The van der Waals surface area contributed by atoms with Gasteiger partial charge in [-0.15, -0.1) is 0 Å². The number of fused-ring (bicyclic) bond motifs is 19. The Labute approximate surface area is 444 Å². The van der Waals surface area contributed by atoms with Crippen LogP contribution < -0.4 is 4.90 Å². The van der Waals surface area contributed by atoms with E-state index in [-0.39, 0.29) is 5.41 Å². The summed E-state index contributed by atoms with van der Waals surface area (Å²) in [4.78, 5) is 2.64. The number of hydrogen-bond donors (Lipinski definition) is 0. The molecule has 0 N–H and O–H groups in total. The van der Waals surface area contributed by atoms with Gasteiger partial charge in [0.1, 0.15) is 0 Å². The van der Waals surface area contributed by atoms with Crippen molar-refractivity contribution >= 4 is 27.8 Å². The molecule has 7 atom stereocenters. The van der Waals surface area contributed by atoms with Crippen molar-refractivity contribution in [2.45, 2.75) is 36.5 Å². The highest BCUT2D eigenvalue weighted by Crippen LogP contribution is 2.88. The van der Waals surface area contributed by atoms with Gasteiger partial charge in [-0.1, -0.05) is 206 Å². The molecule has 11 aromatic carbocycles. The molecule has 7 aliphatic rings. The van der Waals surface area contributed by atoms with Gasteiger partial charge in [0.05, 0.1) is 11.1 Å².